The smallest absolute Gasteiger partial charge is 0.457 e. The molecule has 0 aromatic rings. The number of nitrogens with zero attached hydrogens (tertiary/aromatic N) is 1. The highest BCUT2D eigenvalue weighted by Gasteiger charge is 2.26. The number of likely N-dealkylation sites (N-methyl/N-ethyl adjacent to an activating group) is 1. The summed E-state index contributed by atoms with van der Waals surface area (Å²) in [6.45, 7) is 5.65. The molecule has 2 atom stereocenters. The fourth-order valence-electron chi connectivity index (χ4n) is 6.26. The van der Waals surface area contributed by atoms with Gasteiger partial charge in [0.1, 0.15) is 19.3 Å². The van der Waals surface area contributed by atoms with Crippen molar-refractivity contribution in [3.63, 3.8) is 0 Å². The van der Waals surface area contributed by atoms with Gasteiger partial charge in [-0.05, 0) is 12.8 Å². The molecule has 0 heterocycles. The van der Waals surface area contributed by atoms with Gasteiger partial charge in [0.15, 0.2) is 0 Å². The predicted molar refractivity (Wildman–Crippen MR) is 215 cm³/mol. The minimum atomic E-state index is -4.26. The van der Waals surface area contributed by atoms with Gasteiger partial charge in [-0.1, -0.05) is 187 Å². The first-order chi connectivity index (χ1) is 24.6. The van der Waals surface area contributed by atoms with Crippen molar-refractivity contribution in [1.82, 2.24) is 0 Å². The first kappa shape index (κ1) is 50.5. The Labute approximate surface area is 317 Å². The molecule has 0 aromatic heterocycles. The molecular weight excluding hydrogens is 661 g/mol. The molecule has 0 spiro atoms. The van der Waals surface area contributed by atoms with Crippen LogP contribution in [0.25, 0.3) is 0 Å². The zero-order chi connectivity index (χ0) is 37.7. The quantitative estimate of drug-likeness (QED) is 0.0288. The Balaban J connectivity index is 4.07. The Hall–Kier alpha value is -0.500. The molecule has 0 aromatic carbocycles. The Morgan fingerprint density at radius 3 is 1.29 bits per heavy atom. The van der Waals surface area contributed by atoms with E-state index in [2.05, 4.69) is 13.8 Å². The van der Waals surface area contributed by atoms with Crippen molar-refractivity contribution in [3.05, 3.63) is 0 Å². The van der Waals surface area contributed by atoms with E-state index < -0.39 is 13.9 Å². The normalized spacial score (nSPS) is 13.8. The largest absolute Gasteiger partial charge is 0.472 e. The van der Waals surface area contributed by atoms with Crippen LogP contribution in [0.3, 0.4) is 0 Å². The molecule has 0 bridgehead atoms. The molecule has 1 N–H and O–H groups in total. The van der Waals surface area contributed by atoms with E-state index in [0.29, 0.717) is 24.1 Å². The summed E-state index contributed by atoms with van der Waals surface area (Å²) in [6.07, 6.45) is 37.1. The molecule has 0 radical (unpaired) electrons. The molecule has 0 aliphatic heterocycles. The number of carbonyl (C=O) groups is 1. The van der Waals surface area contributed by atoms with Crippen LogP contribution < -0.4 is 0 Å². The van der Waals surface area contributed by atoms with Crippen LogP contribution in [-0.2, 0) is 27.9 Å². The van der Waals surface area contributed by atoms with Gasteiger partial charge in [0, 0.05) is 13.0 Å². The molecule has 0 fully saturated rings. The van der Waals surface area contributed by atoms with E-state index in [4.69, 9.17) is 18.5 Å². The summed E-state index contributed by atoms with van der Waals surface area (Å²) in [5, 5.41) is 0. The Morgan fingerprint density at radius 1 is 0.529 bits per heavy atom. The van der Waals surface area contributed by atoms with Crippen LogP contribution in [0, 0.1) is 0 Å². The second-order valence-corrected chi connectivity index (χ2v) is 17.5. The Bertz CT molecular complexity index is 792. The molecule has 0 aliphatic rings. The number of quaternary nitrogens is 1. The highest BCUT2D eigenvalue weighted by molar-refractivity contribution is 7.47. The Morgan fingerprint density at radius 2 is 0.902 bits per heavy atom. The number of esters is 1. The lowest BCUT2D eigenvalue weighted by atomic mass is 10.0. The molecule has 0 aliphatic carbocycles. The van der Waals surface area contributed by atoms with Crippen molar-refractivity contribution in [2.24, 2.45) is 0 Å². The molecule has 0 saturated carbocycles. The van der Waals surface area contributed by atoms with Crippen LogP contribution >= 0.6 is 7.82 Å². The Kier molecular flexibility index (Phi) is 36.1. The number of ether oxygens (including phenoxy) is 2. The highest BCUT2D eigenvalue weighted by atomic mass is 31.2. The molecular formula is C42H87NO7P+. The fourth-order valence-corrected chi connectivity index (χ4v) is 7.00. The second kappa shape index (κ2) is 36.5. The van der Waals surface area contributed by atoms with Crippen LogP contribution in [0.4, 0.5) is 0 Å². The number of hydrogen-bond donors (Lipinski definition) is 1. The summed E-state index contributed by atoms with van der Waals surface area (Å²) in [5.74, 6) is -0.312. The van der Waals surface area contributed by atoms with E-state index in [1.54, 1.807) is 0 Å². The maximum absolute atomic E-state index is 12.6. The van der Waals surface area contributed by atoms with Crippen LogP contribution in [-0.4, -0.2) is 75.6 Å². The molecule has 9 heteroatoms. The molecule has 0 rings (SSSR count). The summed E-state index contributed by atoms with van der Waals surface area (Å²) in [7, 11) is 1.68. The van der Waals surface area contributed by atoms with Crippen molar-refractivity contribution >= 4 is 13.8 Å². The third-order valence-corrected chi connectivity index (χ3v) is 10.7. The SMILES string of the molecule is CCCCCCCCCCCCCCCCCCCCCCOC[C@H](COP(=O)(O)OCC[N+](C)(C)C)OC(=O)CCCCCCCCCCC. The lowest BCUT2D eigenvalue weighted by Crippen LogP contribution is -2.37. The van der Waals surface area contributed by atoms with E-state index >= 15 is 0 Å². The van der Waals surface area contributed by atoms with Gasteiger partial charge in [-0.25, -0.2) is 4.57 Å². The average Bonchev–Trinajstić information content (AvgIpc) is 3.08. The molecule has 51 heavy (non-hydrogen) atoms. The molecule has 8 nitrogen and oxygen atoms in total. The van der Waals surface area contributed by atoms with Gasteiger partial charge in [-0.15, -0.1) is 0 Å². The van der Waals surface area contributed by atoms with Gasteiger partial charge < -0.3 is 18.9 Å². The third-order valence-electron chi connectivity index (χ3n) is 9.67. The minimum Gasteiger partial charge on any atom is -0.457 e. The van der Waals surface area contributed by atoms with Crippen LogP contribution in [0.15, 0.2) is 0 Å². The van der Waals surface area contributed by atoms with Crippen molar-refractivity contribution in [3.8, 4) is 0 Å². The highest BCUT2D eigenvalue weighted by Crippen LogP contribution is 2.43. The van der Waals surface area contributed by atoms with E-state index in [9.17, 15) is 14.3 Å². The average molecular weight is 749 g/mol. The molecule has 0 saturated heterocycles. The number of hydrogen-bond acceptors (Lipinski definition) is 6. The summed E-state index contributed by atoms with van der Waals surface area (Å²) in [5.41, 5.74) is 0. The number of unbranched alkanes of at least 4 members (excludes halogenated alkanes) is 27. The van der Waals surface area contributed by atoms with Gasteiger partial charge >= 0.3 is 13.8 Å². The van der Waals surface area contributed by atoms with Gasteiger partial charge in [0.05, 0.1) is 34.4 Å². The first-order valence-electron chi connectivity index (χ1n) is 21.8. The third kappa shape index (κ3) is 40.5. The minimum absolute atomic E-state index is 0.0935. The van der Waals surface area contributed by atoms with Crippen LogP contribution in [0.2, 0.25) is 0 Å². The van der Waals surface area contributed by atoms with E-state index in [1.807, 2.05) is 21.1 Å². The van der Waals surface area contributed by atoms with Gasteiger partial charge in [-0.2, -0.15) is 0 Å². The lowest BCUT2D eigenvalue weighted by Gasteiger charge is -2.24. The van der Waals surface area contributed by atoms with Gasteiger partial charge in [0.2, 0.25) is 0 Å². The fraction of sp³-hybridized carbons (Fsp3) is 0.976. The summed E-state index contributed by atoms with van der Waals surface area (Å²) >= 11 is 0. The number of rotatable bonds is 41. The first-order valence-corrected chi connectivity index (χ1v) is 23.3. The summed E-state index contributed by atoms with van der Waals surface area (Å²) in [4.78, 5) is 22.8. The maximum atomic E-state index is 12.6. The van der Waals surface area contributed by atoms with Crippen molar-refractivity contribution in [2.75, 3.05) is 54.1 Å². The van der Waals surface area contributed by atoms with Crippen molar-refractivity contribution in [1.29, 1.82) is 0 Å². The van der Waals surface area contributed by atoms with Gasteiger partial charge in [0.25, 0.3) is 0 Å². The standard InChI is InChI=1S/C42H86NO7P/c1-6-8-10-12-14-16-17-18-19-20-21-22-23-24-25-26-28-30-32-34-37-47-39-41(40-49-51(45,46)48-38-36-43(3,4)5)50-42(44)35-33-31-29-27-15-13-11-9-7-2/h41H,6-40H2,1-5H3/p+1/t41-/m1/s1. The molecule has 306 valence electrons. The van der Waals surface area contributed by atoms with E-state index in [1.165, 1.54) is 154 Å². The zero-order valence-electron chi connectivity index (χ0n) is 34.6. The monoisotopic (exact) mass is 749 g/mol. The van der Waals surface area contributed by atoms with E-state index in [0.717, 1.165) is 32.1 Å². The summed E-state index contributed by atoms with van der Waals surface area (Å²) in [6, 6.07) is 0. The maximum Gasteiger partial charge on any atom is 0.472 e. The summed E-state index contributed by atoms with van der Waals surface area (Å²) < 4.78 is 34.9. The second-order valence-electron chi connectivity index (χ2n) is 16.1. The predicted octanol–water partition coefficient (Wildman–Crippen LogP) is 12.5. The number of carbonyl (C=O) groups excluding carboxylic acids is 1. The number of phosphoric ester groups is 1. The topological polar surface area (TPSA) is 91.3 Å². The lowest BCUT2D eigenvalue weighted by molar-refractivity contribution is -0.870. The van der Waals surface area contributed by atoms with Crippen LogP contribution in [0.1, 0.15) is 206 Å². The van der Waals surface area contributed by atoms with Gasteiger partial charge in [-0.3, -0.25) is 13.8 Å². The van der Waals surface area contributed by atoms with Crippen molar-refractivity contribution < 1.29 is 37.3 Å². The zero-order valence-corrected chi connectivity index (χ0v) is 35.5. The number of phosphoric acid groups is 1. The molecule has 0 amide bonds. The molecule has 1 unspecified atom stereocenters. The van der Waals surface area contributed by atoms with Crippen LogP contribution in [0.5, 0.6) is 0 Å². The van der Waals surface area contributed by atoms with E-state index in [-0.39, 0.29) is 25.8 Å². The van der Waals surface area contributed by atoms with Crippen molar-refractivity contribution in [2.45, 2.75) is 213 Å².